The van der Waals surface area contributed by atoms with E-state index in [-0.39, 0.29) is 62.5 Å². The van der Waals surface area contributed by atoms with Gasteiger partial charge in [-0.3, -0.25) is 9.97 Å². The number of para-hydroxylation sites is 2. The van der Waals surface area contributed by atoms with Crippen LogP contribution in [0.15, 0.2) is 97.3 Å². The van der Waals surface area contributed by atoms with Crippen molar-refractivity contribution < 1.29 is 59.4 Å². The van der Waals surface area contributed by atoms with Gasteiger partial charge in [-0.05, 0) is 49.2 Å². The molecule has 2 N–H and O–H groups in total. The maximum atomic E-state index is 11.5. The van der Waals surface area contributed by atoms with Gasteiger partial charge in [0.05, 0.1) is 11.4 Å². The summed E-state index contributed by atoms with van der Waals surface area (Å²) in [5, 5.41) is 59.6. The van der Waals surface area contributed by atoms with Gasteiger partial charge in [0, 0.05) is 50.1 Å². The third-order valence-electron chi connectivity index (χ3n) is 5.41. The number of rotatable bonds is 8. The molecule has 0 saturated heterocycles. The maximum absolute atomic E-state index is 11.5. The second-order valence-electron chi connectivity index (χ2n) is 8.11. The Hall–Kier alpha value is -3.91. The summed E-state index contributed by atoms with van der Waals surface area (Å²) in [6, 6.07) is 26.1. The minimum absolute atomic E-state index is 0. The van der Waals surface area contributed by atoms with E-state index < -0.39 is 0 Å². The van der Waals surface area contributed by atoms with E-state index in [9.17, 15) is 10.2 Å². The summed E-state index contributed by atoms with van der Waals surface area (Å²) in [5.74, 6) is 0.154. The Balaban J connectivity index is 0. The number of hydrogen-bond acceptors (Lipinski definition) is 10. The van der Waals surface area contributed by atoms with Crippen LogP contribution >= 0.6 is 0 Å². The molecule has 0 aliphatic rings. The summed E-state index contributed by atoms with van der Waals surface area (Å²) in [5.41, 5.74) is 3.54. The van der Waals surface area contributed by atoms with Crippen LogP contribution in [0.1, 0.15) is 48.4 Å². The number of nitrogens with one attached hydrogen (secondary N) is 2. The summed E-state index contributed by atoms with van der Waals surface area (Å²) in [7, 11) is 0. The molecule has 0 aliphatic heterocycles. The Bertz CT molecular complexity index is 1220. The van der Waals surface area contributed by atoms with Gasteiger partial charge in [0.15, 0.2) is 0 Å². The van der Waals surface area contributed by atoms with Gasteiger partial charge < -0.3 is 31.1 Å². The molecular formula is C30H30N6O4Zn2. The first kappa shape index (κ1) is 40.2. The van der Waals surface area contributed by atoms with Crippen molar-refractivity contribution in [3.05, 3.63) is 120 Å². The molecule has 0 saturated carbocycles. The molecule has 2 aromatic heterocycles. The number of nitriles is 2. The first-order valence-electron chi connectivity index (χ1n) is 12.2. The Morgan fingerprint density at radius 2 is 0.929 bits per heavy atom. The Kier molecular flexibility index (Phi) is 23.8. The number of hydrogen-bond donors (Lipinski definition) is 2. The molecule has 0 amide bonds. The van der Waals surface area contributed by atoms with E-state index in [1.165, 1.54) is 0 Å². The monoisotopic (exact) mass is 666 g/mol. The predicted octanol–water partition coefficient (Wildman–Crippen LogP) is 1.66. The zero-order valence-electron chi connectivity index (χ0n) is 23.6. The fraction of sp³-hybridized carbons (Fsp3) is 0.200. The van der Waals surface area contributed by atoms with Crippen LogP contribution in [0.3, 0.4) is 0 Å². The minimum atomic E-state index is 0. The standard InChI is InChI=1S/2C14H16N2O.2CHNO.2Zn/c2*1-11(13-7-4-5-9-15-13)16-10-12-6-2-3-8-14(12)17;2*2-1-3;;/h2*2-9,11,16-17H,10H2,1H3;2*3H;;/q;;;;2*+2/p-4/t2*11-;;;;/m00..../s1. The normalized spacial score (nSPS) is 10.3. The van der Waals surface area contributed by atoms with Crippen molar-refractivity contribution in [3.8, 4) is 24.0 Å². The number of benzene rings is 2. The summed E-state index contributed by atoms with van der Waals surface area (Å²) in [4.78, 5) is 8.55. The molecule has 2 atom stereocenters. The fourth-order valence-corrected chi connectivity index (χ4v) is 3.30. The van der Waals surface area contributed by atoms with Crippen LogP contribution in [0.4, 0.5) is 0 Å². The molecule has 0 fully saturated rings. The number of aromatic nitrogens is 2. The molecule has 12 heteroatoms. The molecule has 0 spiro atoms. The van der Waals surface area contributed by atoms with Gasteiger partial charge >= 0.3 is 39.0 Å². The van der Waals surface area contributed by atoms with E-state index in [2.05, 4.69) is 20.6 Å². The SMILES string of the molecule is C[C@H](NCc1ccccc1[O-])c1ccccn1.C[C@H](NCc1ccccc1[O-])c1ccccn1.N#C[O-].N#C[O-].[Zn+2].[Zn+2]. The summed E-state index contributed by atoms with van der Waals surface area (Å²) < 4.78 is 0. The molecule has 42 heavy (non-hydrogen) atoms. The van der Waals surface area contributed by atoms with Gasteiger partial charge in [0.2, 0.25) is 0 Å². The zero-order valence-corrected chi connectivity index (χ0v) is 29.6. The third kappa shape index (κ3) is 16.4. The Morgan fingerprint density at radius 3 is 1.21 bits per heavy atom. The van der Waals surface area contributed by atoms with E-state index in [0.29, 0.717) is 25.6 Å². The molecule has 4 aromatic rings. The van der Waals surface area contributed by atoms with Crippen molar-refractivity contribution in [3.63, 3.8) is 0 Å². The van der Waals surface area contributed by atoms with Gasteiger partial charge in [-0.25, -0.2) is 10.5 Å². The van der Waals surface area contributed by atoms with Crippen LogP contribution in [-0.4, -0.2) is 9.97 Å². The fourth-order valence-electron chi connectivity index (χ4n) is 3.30. The Labute approximate surface area is 272 Å². The van der Waals surface area contributed by atoms with Crippen LogP contribution < -0.4 is 31.1 Å². The molecule has 0 radical (unpaired) electrons. The van der Waals surface area contributed by atoms with Crippen molar-refractivity contribution in [2.75, 3.05) is 0 Å². The van der Waals surface area contributed by atoms with Crippen molar-refractivity contribution in [2.24, 2.45) is 0 Å². The van der Waals surface area contributed by atoms with E-state index in [4.69, 9.17) is 20.7 Å². The molecular weight excluding hydrogens is 639 g/mol. The first-order chi connectivity index (χ1) is 19.4. The molecule has 10 nitrogen and oxygen atoms in total. The van der Waals surface area contributed by atoms with E-state index in [1.54, 1.807) is 36.7 Å². The van der Waals surface area contributed by atoms with Crippen molar-refractivity contribution >= 4 is 0 Å². The average molecular weight is 669 g/mol. The predicted molar refractivity (Wildman–Crippen MR) is 142 cm³/mol. The van der Waals surface area contributed by atoms with Crippen LogP contribution in [-0.2, 0) is 52.0 Å². The van der Waals surface area contributed by atoms with E-state index in [0.717, 1.165) is 22.5 Å². The molecule has 2 heterocycles. The van der Waals surface area contributed by atoms with Crippen molar-refractivity contribution in [2.45, 2.75) is 39.0 Å². The average Bonchev–Trinajstić information content (AvgIpc) is 2.98. The molecule has 0 unspecified atom stereocenters. The summed E-state index contributed by atoms with van der Waals surface area (Å²) in [6.45, 7) is 5.21. The molecule has 4 rings (SSSR count). The third-order valence-corrected chi connectivity index (χ3v) is 5.41. The van der Waals surface area contributed by atoms with Crippen LogP contribution in [0.2, 0.25) is 0 Å². The van der Waals surface area contributed by atoms with Crippen LogP contribution in [0, 0.1) is 23.0 Å². The van der Waals surface area contributed by atoms with Gasteiger partial charge in [0.25, 0.3) is 0 Å². The molecule has 0 aliphatic carbocycles. The van der Waals surface area contributed by atoms with Crippen molar-refractivity contribution in [1.29, 1.82) is 10.5 Å². The van der Waals surface area contributed by atoms with Crippen molar-refractivity contribution in [1.82, 2.24) is 20.6 Å². The van der Waals surface area contributed by atoms with Gasteiger partial charge in [-0.2, -0.15) is 0 Å². The van der Waals surface area contributed by atoms with Crippen LogP contribution in [0.5, 0.6) is 11.5 Å². The summed E-state index contributed by atoms with van der Waals surface area (Å²) >= 11 is 0. The largest absolute Gasteiger partial charge is 2.00 e. The maximum Gasteiger partial charge on any atom is 2.00 e. The second kappa shape index (κ2) is 24.8. The molecule has 2 aromatic carbocycles. The molecule has 208 valence electrons. The second-order valence-corrected chi connectivity index (χ2v) is 8.11. The quantitative estimate of drug-likeness (QED) is 0.206. The smallest absolute Gasteiger partial charge is 0.872 e. The van der Waals surface area contributed by atoms with Gasteiger partial charge in [0.1, 0.15) is 0 Å². The van der Waals surface area contributed by atoms with Crippen LogP contribution in [0.25, 0.3) is 0 Å². The zero-order chi connectivity index (χ0) is 29.6. The minimum Gasteiger partial charge on any atom is -0.872 e. The van der Waals surface area contributed by atoms with E-state index >= 15 is 0 Å². The Morgan fingerprint density at radius 1 is 0.619 bits per heavy atom. The number of nitrogens with zero attached hydrogens (tertiary/aromatic N) is 4. The first-order valence-corrected chi connectivity index (χ1v) is 12.2. The topological polar surface area (TPSA) is 190 Å². The van der Waals surface area contributed by atoms with E-state index in [1.807, 2.05) is 74.5 Å². The summed E-state index contributed by atoms with van der Waals surface area (Å²) in [6.07, 6.45) is 4.55. The number of pyridine rings is 2. The molecule has 0 bridgehead atoms. The van der Waals surface area contributed by atoms with Gasteiger partial charge in [-0.1, -0.05) is 60.7 Å². The van der Waals surface area contributed by atoms with Gasteiger partial charge in [-0.15, -0.1) is 11.5 Å².